The van der Waals surface area contributed by atoms with Crippen LogP contribution in [-0.4, -0.2) is 10.6 Å². The SMILES string of the molecule is Cc1cc(NCc2cccc3c2OC(C)(C)C3)cnc1Cl. The lowest BCUT2D eigenvalue weighted by atomic mass is 10.0. The molecule has 1 aliphatic heterocycles. The van der Waals surface area contributed by atoms with Crippen LogP contribution in [0.25, 0.3) is 0 Å². The topological polar surface area (TPSA) is 34.1 Å². The van der Waals surface area contributed by atoms with E-state index in [1.54, 1.807) is 6.20 Å². The van der Waals surface area contributed by atoms with Crippen molar-refractivity contribution in [3.05, 3.63) is 52.3 Å². The molecule has 21 heavy (non-hydrogen) atoms. The van der Waals surface area contributed by atoms with Crippen molar-refractivity contribution in [3.63, 3.8) is 0 Å². The van der Waals surface area contributed by atoms with Crippen LogP contribution < -0.4 is 10.1 Å². The third kappa shape index (κ3) is 2.98. The summed E-state index contributed by atoms with van der Waals surface area (Å²) in [6, 6.07) is 8.33. The van der Waals surface area contributed by atoms with Crippen LogP contribution in [0, 0.1) is 6.92 Å². The minimum Gasteiger partial charge on any atom is -0.487 e. The van der Waals surface area contributed by atoms with Gasteiger partial charge in [-0.3, -0.25) is 0 Å². The Balaban J connectivity index is 1.78. The van der Waals surface area contributed by atoms with Gasteiger partial charge in [0.15, 0.2) is 0 Å². The van der Waals surface area contributed by atoms with Crippen molar-refractivity contribution in [2.24, 2.45) is 0 Å². The zero-order valence-electron chi connectivity index (χ0n) is 12.5. The lowest BCUT2D eigenvalue weighted by molar-refractivity contribution is 0.137. The molecule has 2 heterocycles. The molecule has 0 radical (unpaired) electrons. The van der Waals surface area contributed by atoms with Gasteiger partial charge in [-0.15, -0.1) is 0 Å². The quantitative estimate of drug-likeness (QED) is 0.855. The highest BCUT2D eigenvalue weighted by atomic mass is 35.5. The van der Waals surface area contributed by atoms with Gasteiger partial charge >= 0.3 is 0 Å². The molecule has 0 aliphatic carbocycles. The van der Waals surface area contributed by atoms with E-state index < -0.39 is 0 Å². The predicted octanol–water partition coefficient (Wildman–Crippen LogP) is 4.37. The molecule has 0 bridgehead atoms. The lowest BCUT2D eigenvalue weighted by Crippen LogP contribution is -2.25. The molecule has 0 unspecified atom stereocenters. The average Bonchev–Trinajstić information content (AvgIpc) is 2.74. The van der Waals surface area contributed by atoms with Crippen molar-refractivity contribution in [2.45, 2.75) is 39.3 Å². The van der Waals surface area contributed by atoms with Gasteiger partial charge in [0.1, 0.15) is 16.5 Å². The zero-order chi connectivity index (χ0) is 15.0. The van der Waals surface area contributed by atoms with Crippen LogP contribution in [0.15, 0.2) is 30.5 Å². The molecule has 3 rings (SSSR count). The number of aryl methyl sites for hydroxylation is 1. The standard InChI is InChI=1S/C17H19ClN2O/c1-11-7-14(10-20-16(11)18)19-9-13-6-4-5-12-8-17(2,3)21-15(12)13/h4-7,10,19H,8-9H2,1-3H3. The maximum atomic E-state index is 6.08. The van der Waals surface area contributed by atoms with E-state index in [1.165, 1.54) is 11.1 Å². The number of anilines is 1. The normalized spacial score (nSPS) is 15.4. The van der Waals surface area contributed by atoms with E-state index in [4.69, 9.17) is 16.3 Å². The number of nitrogens with zero attached hydrogens (tertiary/aromatic N) is 1. The molecule has 0 saturated heterocycles. The molecule has 1 aliphatic rings. The van der Waals surface area contributed by atoms with E-state index in [2.05, 4.69) is 42.3 Å². The summed E-state index contributed by atoms with van der Waals surface area (Å²) in [6.07, 6.45) is 2.71. The monoisotopic (exact) mass is 302 g/mol. The van der Waals surface area contributed by atoms with Crippen molar-refractivity contribution in [3.8, 4) is 5.75 Å². The van der Waals surface area contributed by atoms with Crippen LogP contribution in [0.1, 0.15) is 30.5 Å². The lowest BCUT2D eigenvalue weighted by Gasteiger charge is -2.18. The van der Waals surface area contributed by atoms with Gasteiger partial charge in [0, 0.05) is 18.5 Å². The maximum Gasteiger partial charge on any atom is 0.132 e. The fourth-order valence-corrected chi connectivity index (χ4v) is 2.77. The first-order chi connectivity index (χ1) is 9.94. The van der Waals surface area contributed by atoms with Crippen LogP contribution >= 0.6 is 11.6 Å². The Morgan fingerprint density at radius 3 is 2.95 bits per heavy atom. The van der Waals surface area contributed by atoms with E-state index >= 15 is 0 Å². The molecule has 1 aromatic carbocycles. The number of aromatic nitrogens is 1. The largest absolute Gasteiger partial charge is 0.487 e. The van der Waals surface area contributed by atoms with Gasteiger partial charge in [-0.2, -0.15) is 0 Å². The van der Waals surface area contributed by atoms with Gasteiger partial charge in [-0.1, -0.05) is 29.8 Å². The second-order valence-electron chi connectivity index (χ2n) is 6.13. The number of halogens is 1. The number of ether oxygens (including phenoxy) is 1. The van der Waals surface area contributed by atoms with Crippen LogP contribution in [0.5, 0.6) is 5.75 Å². The average molecular weight is 303 g/mol. The molecule has 2 aromatic rings. The Labute approximate surface area is 130 Å². The number of nitrogens with one attached hydrogen (secondary N) is 1. The fraction of sp³-hybridized carbons (Fsp3) is 0.353. The number of fused-ring (bicyclic) bond motifs is 1. The summed E-state index contributed by atoms with van der Waals surface area (Å²) in [4.78, 5) is 4.16. The second-order valence-corrected chi connectivity index (χ2v) is 6.49. The molecule has 0 atom stereocenters. The van der Waals surface area contributed by atoms with E-state index in [0.717, 1.165) is 23.4 Å². The van der Waals surface area contributed by atoms with Crippen molar-refractivity contribution in [1.29, 1.82) is 0 Å². The Morgan fingerprint density at radius 2 is 2.19 bits per heavy atom. The predicted molar refractivity (Wildman–Crippen MR) is 86.2 cm³/mol. The first kappa shape index (κ1) is 14.2. The first-order valence-electron chi connectivity index (χ1n) is 7.10. The van der Waals surface area contributed by atoms with Crippen molar-refractivity contribution < 1.29 is 4.74 Å². The Morgan fingerprint density at radius 1 is 1.38 bits per heavy atom. The molecule has 1 aromatic heterocycles. The summed E-state index contributed by atoms with van der Waals surface area (Å²) in [6.45, 7) is 6.90. The van der Waals surface area contributed by atoms with Crippen molar-refractivity contribution in [2.75, 3.05) is 5.32 Å². The third-order valence-electron chi connectivity index (χ3n) is 3.67. The number of hydrogen-bond donors (Lipinski definition) is 1. The summed E-state index contributed by atoms with van der Waals surface area (Å²) in [5.41, 5.74) is 4.27. The number of para-hydroxylation sites is 1. The maximum absolute atomic E-state index is 6.08. The zero-order valence-corrected chi connectivity index (χ0v) is 13.3. The minimum absolute atomic E-state index is 0.114. The van der Waals surface area contributed by atoms with E-state index in [-0.39, 0.29) is 5.60 Å². The van der Waals surface area contributed by atoms with Gasteiger partial charge in [0.2, 0.25) is 0 Å². The highest BCUT2D eigenvalue weighted by Gasteiger charge is 2.31. The molecular formula is C17H19ClN2O. The van der Waals surface area contributed by atoms with Gasteiger partial charge in [-0.25, -0.2) is 4.98 Å². The smallest absolute Gasteiger partial charge is 0.132 e. The van der Waals surface area contributed by atoms with E-state index in [9.17, 15) is 0 Å². The van der Waals surface area contributed by atoms with Crippen LogP contribution in [0.4, 0.5) is 5.69 Å². The number of rotatable bonds is 3. The molecule has 0 saturated carbocycles. The molecule has 0 spiro atoms. The van der Waals surface area contributed by atoms with E-state index in [0.29, 0.717) is 11.7 Å². The summed E-state index contributed by atoms with van der Waals surface area (Å²) in [5.74, 6) is 1.02. The highest BCUT2D eigenvalue weighted by Crippen LogP contribution is 2.37. The third-order valence-corrected chi connectivity index (χ3v) is 4.07. The molecular weight excluding hydrogens is 284 g/mol. The van der Waals surface area contributed by atoms with Crippen molar-refractivity contribution in [1.82, 2.24) is 4.98 Å². The highest BCUT2D eigenvalue weighted by molar-refractivity contribution is 6.30. The molecule has 1 N–H and O–H groups in total. The first-order valence-corrected chi connectivity index (χ1v) is 7.48. The number of hydrogen-bond acceptors (Lipinski definition) is 3. The number of benzene rings is 1. The molecule has 0 amide bonds. The van der Waals surface area contributed by atoms with Crippen LogP contribution in [-0.2, 0) is 13.0 Å². The van der Waals surface area contributed by atoms with E-state index in [1.807, 2.05) is 13.0 Å². The van der Waals surface area contributed by atoms with Crippen molar-refractivity contribution >= 4 is 17.3 Å². The summed E-state index contributed by atoms with van der Waals surface area (Å²) in [5, 5.41) is 3.93. The molecule has 3 nitrogen and oxygen atoms in total. The Hall–Kier alpha value is -1.74. The van der Waals surface area contributed by atoms with Crippen LogP contribution in [0.2, 0.25) is 5.15 Å². The molecule has 110 valence electrons. The molecule has 4 heteroatoms. The number of pyridine rings is 1. The van der Waals surface area contributed by atoms with Gasteiger partial charge in [0.25, 0.3) is 0 Å². The second kappa shape index (κ2) is 5.23. The Kier molecular flexibility index (Phi) is 3.54. The fourth-order valence-electron chi connectivity index (χ4n) is 2.67. The minimum atomic E-state index is -0.114. The Bertz CT molecular complexity index is 682. The summed E-state index contributed by atoms with van der Waals surface area (Å²) >= 11 is 5.95. The summed E-state index contributed by atoms with van der Waals surface area (Å²) < 4.78 is 6.08. The van der Waals surface area contributed by atoms with Gasteiger partial charge in [-0.05, 0) is 38.0 Å². The molecule has 0 fully saturated rings. The van der Waals surface area contributed by atoms with Gasteiger partial charge in [0.05, 0.1) is 11.9 Å². The van der Waals surface area contributed by atoms with Gasteiger partial charge < -0.3 is 10.1 Å². The van der Waals surface area contributed by atoms with Crippen LogP contribution in [0.3, 0.4) is 0 Å². The summed E-state index contributed by atoms with van der Waals surface area (Å²) in [7, 11) is 0.